The maximum atomic E-state index is 12.5. The van der Waals surface area contributed by atoms with E-state index in [0.717, 1.165) is 17.0 Å². The third-order valence-electron chi connectivity index (χ3n) is 4.80. The Hall–Kier alpha value is -3.68. The van der Waals surface area contributed by atoms with Crippen molar-refractivity contribution < 1.29 is 14.3 Å². The van der Waals surface area contributed by atoms with E-state index in [1.165, 1.54) is 10.9 Å². The Labute approximate surface area is 186 Å². The van der Waals surface area contributed by atoms with Gasteiger partial charge in [0, 0.05) is 30.1 Å². The van der Waals surface area contributed by atoms with Crippen LogP contribution < -0.4 is 4.74 Å². The number of ether oxygens (including phenoxy) is 2. The molecular formula is C24H27N5O3. The van der Waals surface area contributed by atoms with E-state index in [4.69, 9.17) is 9.47 Å². The number of carbonyl (C=O) groups excluding carboxylic acids is 1. The zero-order valence-corrected chi connectivity index (χ0v) is 18.9. The fourth-order valence-corrected chi connectivity index (χ4v) is 3.39. The molecule has 0 bridgehead atoms. The highest BCUT2D eigenvalue weighted by atomic mass is 16.6. The summed E-state index contributed by atoms with van der Waals surface area (Å²) < 4.78 is 14.9. The van der Waals surface area contributed by atoms with Gasteiger partial charge in [0.25, 0.3) is 0 Å². The van der Waals surface area contributed by atoms with Gasteiger partial charge in [-0.2, -0.15) is 5.10 Å². The van der Waals surface area contributed by atoms with E-state index in [-0.39, 0.29) is 6.04 Å². The smallest absolute Gasteiger partial charge is 0.420 e. The van der Waals surface area contributed by atoms with Gasteiger partial charge in [0.15, 0.2) is 0 Å². The van der Waals surface area contributed by atoms with Crippen LogP contribution in [0.5, 0.6) is 5.75 Å². The second kappa shape index (κ2) is 8.45. The number of hydrogen-bond donors (Lipinski definition) is 0. The minimum absolute atomic E-state index is 0.214. The summed E-state index contributed by atoms with van der Waals surface area (Å²) in [5.41, 5.74) is 3.43. The van der Waals surface area contributed by atoms with Gasteiger partial charge in [0.1, 0.15) is 24.3 Å². The predicted molar refractivity (Wildman–Crippen MR) is 122 cm³/mol. The van der Waals surface area contributed by atoms with E-state index in [1.54, 1.807) is 18.5 Å². The molecule has 0 spiro atoms. The quantitative estimate of drug-likeness (QED) is 0.428. The number of benzene rings is 1. The molecule has 0 aliphatic heterocycles. The summed E-state index contributed by atoms with van der Waals surface area (Å²) in [6.45, 7) is 9.97. The normalized spacial score (nSPS) is 11.8. The maximum absolute atomic E-state index is 12.5. The van der Waals surface area contributed by atoms with Crippen LogP contribution in [-0.4, -0.2) is 36.0 Å². The van der Waals surface area contributed by atoms with Gasteiger partial charge < -0.3 is 9.47 Å². The van der Waals surface area contributed by atoms with E-state index in [9.17, 15) is 4.79 Å². The molecule has 8 heteroatoms. The van der Waals surface area contributed by atoms with Crippen molar-refractivity contribution in [3.05, 3.63) is 60.7 Å². The molecule has 8 nitrogen and oxygen atoms in total. The first-order chi connectivity index (χ1) is 15.2. The Balaban J connectivity index is 1.59. The second-order valence-corrected chi connectivity index (χ2v) is 8.80. The molecule has 1 aromatic carbocycles. The van der Waals surface area contributed by atoms with Crippen LogP contribution in [0.15, 0.2) is 55.1 Å². The zero-order chi connectivity index (χ0) is 22.9. The lowest BCUT2D eigenvalue weighted by molar-refractivity contribution is 0.0543. The molecular weight excluding hydrogens is 406 g/mol. The van der Waals surface area contributed by atoms with Gasteiger partial charge in [-0.05, 0) is 58.9 Å². The van der Waals surface area contributed by atoms with Crippen LogP contribution in [0.2, 0.25) is 0 Å². The van der Waals surface area contributed by atoms with Gasteiger partial charge in [-0.25, -0.2) is 14.3 Å². The standard InChI is InChI=1S/C24H27N5O3/c1-16(2)29-20(10-12-27-29)22-17(7-6-11-25-22)14-31-18-8-9-19-21(13-18)28(15-26-19)23(30)32-24(3,4)5/h6-13,15-16H,14H2,1-5H3. The molecule has 4 rings (SSSR count). The van der Waals surface area contributed by atoms with Crippen LogP contribution in [0.3, 0.4) is 0 Å². The van der Waals surface area contributed by atoms with E-state index >= 15 is 0 Å². The molecule has 3 heterocycles. The van der Waals surface area contributed by atoms with E-state index < -0.39 is 11.7 Å². The summed E-state index contributed by atoms with van der Waals surface area (Å²) in [6, 6.07) is 11.5. The molecule has 166 valence electrons. The molecule has 32 heavy (non-hydrogen) atoms. The Morgan fingerprint density at radius 3 is 2.66 bits per heavy atom. The van der Waals surface area contributed by atoms with Crippen LogP contribution in [-0.2, 0) is 11.3 Å². The molecule has 0 saturated heterocycles. The van der Waals surface area contributed by atoms with E-state index in [2.05, 4.69) is 28.9 Å². The average molecular weight is 434 g/mol. The third-order valence-corrected chi connectivity index (χ3v) is 4.80. The molecule has 0 atom stereocenters. The monoisotopic (exact) mass is 433 g/mol. The zero-order valence-electron chi connectivity index (χ0n) is 18.9. The lowest BCUT2D eigenvalue weighted by Crippen LogP contribution is -2.26. The van der Waals surface area contributed by atoms with E-state index in [1.807, 2.05) is 55.8 Å². The SMILES string of the molecule is CC(C)n1nccc1-c1ncccc1COc1ccc2ncn(C(=O)OC(C)(C)C)c2c1. The molecule has 0 fully saturated rings. The van der Waals surface area contributed by atoms with Crippen molar-refractivity contribution >= 4 is 17.1 Å². The molecule has 0 N–H and O–H groups in total. The Morgan fingerprint density at radius 2 is 1.91 bits per heavy atom. The third kappa shape index (κ3) is 4.49. The first-order valence-electron chi connectivity index (χ1n) is 10.5. The number of carbonyl (C=O) groups is 1. The number of rotatable bonds is 5. The van der Waals surface area contributed by atoms with Gasteiger partial charge in [0.2, 0.25) is 0 Å². The topological polar surface area (TPSA) is 84.1 Å². The highest BCUT2D eigenvalue weighted by Gasteiger charge is 2.20. The number of pyridine rings is 1. The highest BCUT2D eigenvalue weighted by Crippen LogP contribution is 2.26. The van der Waals surface area contributed by atoms with Crippen molar-refractivity contribution in [1.82, 2.24) is 24.3 Å². The molecule has 0 radical (unpaired) electrons. The molecule has 0 unspecified atom stereocenters. The molecule has 0 aliphatic rings. The fourth-order valence-electron chi connectivity index (χ4n) is 3.39. The predicted octanol–water partition coefficient (Wildman–Crippen LogP) is 5.24. The summed E-state index contributed by atoms with van der Waals surface area (Å²) in [4.78, 5) is 21.4. The lowest BCUT2D eigenvalue weighted by Gasteiger charge is -2.19. The number of aromatic nitrogens is 5. The van der Waals surface area contributed by atoms with Crippen molar-refractivity contribution in [2.75, 3.05) is 0 Å². The number of fused-ring (bicyclic) bond motifs is 1. The number of nitrogens with zero attached hydrogens (tertiary/aromatic N) is 5. The summed E-state index contributed by atoms with van der Waals surface area (Å²) in [5.74, 6) is 0.620. The molecule has 4 aromatic rings. The van der Waals surface area contributed by atoms with Crippen LogP contribution in [0.1, 0.15) is 46.2 Å². The average Bonchev–Trinajstić information content (AvgIpc) is 3.38. The van der Waals surface area contributed by atoms with Crippen LogP contribution in [0.25, 0.3) is 22.4 Å². The second-order valence-electron chi connectivity index (χ2n) is 8.80. The van der Waals surface area contributed by atoms with Crippen molar-refractivity contribution in [3.8, 4) is 17.1 Å². The number of hydrogen-bond acceptors (Lipinski definition) is 6. The van der Waals surface area contributed by atoms with Crippen LogP contribution >= 0.6 is 0 Å². The minimum atomic E-state index is -0.596. The molecule has 0 saturated carbocycles. The van der Waals surface area contributed by atoms with Gasteiger partial charge in [-0.3, -0.25) is 9.67 Å². The van der Waals surface area contributed by atoms with E-state index in [0.29, 0.717) is 23.4 Å². The summed E-state index contributed by atoms with van der Waals surface area (Å²) in [7, 11) is 0. The van der Waals surface area contributed by atoms with Crippen molar-refractivity contribution in [1.29, 1.82) is 0 Å². The highest BCUT2D eigenvalue weighted by molar-refractivity contribution is 5.87. The Bertz CT molecular complexity index is 1250. The van der Waals surface area contributed by atoms with Crippen molar-refractivity contribution in [3.63, 3.8) is 0 Å². The van der Waals surface area contributed by atoms with Crippen LogP contribution in [0.4, 0.5) is 4.79 Å². The van der Waals surface area contributed by atoms with Gasteiger partial charge in [0.05, 0.1) is 22.4 Å². The van der Waals surface area contributed by atoms with Gasteiger partial charge in [-0.15, -0.1) is 0 Å². The largest absolute Gasteiger partial charge is 0.489 e. The van der Waals surface area contributed by atoms with Crippen molar-refractivity contribution in [2.45, 2.75) is 52.9 Å². The minimum Gasteiger partial charge on any atom is -0.489 e. The Morgan fingerprint density at radius 1 is 1.09 bits per heavy atom. The molecule has 0 aliphatic carbocycles. The Kier molecular flexibility index (Phi) is 5.69. The van der Waals surface area contributed by atoms with Gasteiger partial charge >= 0.3 is 6.09 Å². The summed E-state index contributed by atoms with van der Waals surface area (Å²) in [5, 5.41) is 4.41. The maximum Gasteiger partial charge on any atom is 0.420 e. The van der Waals surface area contributed by atoms with Crippen molar-refractivity contribution in [2.24, 2.45) is 0 Å². The molecule has 0 amide bonds. The first-order valence-corrected chi connectivity index (χ1v) is 10.5. The number of imidazole rings is 1. The fraction of sp³-hybridized carbons (Fsp3) is 0.333. The lowest BCUT2D eigenvalue weighted by atomic mass is 10.1. The molecule has 3 aromatic heterocycles. The summed E-state index contributed by atoms with van der Waals surface area (Å²) in [6.07, 6.45) is 4.53. The first kappa shape index (κ1) is 21.5. The van der Waals surface area contributed by atoms with Crippen LogP contribution in [0, 0.1) is 0 Å². The summed E-state index contributed by atoms with van der Waals surface area (Å²) >= 11 is 0. The van der Waals surface area contributed by atoms with Gasteiger partial charge in [-0.1, -0.05) is 6.07 Å².